The fourth-order valence-electron chi connectivity index (χ4n) is 1.88. The monoisotopic (exact) mass is 226 g/mol. The van der Waals surface area contributed by atoms with Crippen LogP contribution in [-0.2, 0) is 14.4 Å². The van der Waals surface area contributed by atoms with E-state index in [-0.39, 0.29) is 12.5 Å². The van der Waals surface area contributed by atoms with E-state index in [0.717, 1.165) is 0 Å². The molecule has 0 unspecified atom stereocenters. The highest BCUT2D eigenvalue weighted by atomic mass is 16.4. The number of hydrogen-bond acceptors (Lipinski definition) is 3. The number of amides is 2. The number of carbonyl (C=O) groups excluding carboxylic acids is 2. The fraction of sp³-hybridized carbons (Fsp3) is 0.700. The van der Waals surface area contributed by atoms with E-state index in [9.17, 15) is 14.4 Å². The van der Waals surface area contributed by atoms with Gasteiger partial charge in [-0.05, 0) is 12.8 Å². The van der Waals surface area contributed by atoms with Crippen molar-refractivity contribution in [2.24, 2.45) is 5.41 Å². The lowest BCUT2D eigenvalue weighted by Gasteiger charge is -2.33. The van der Waals surface area contributed by atoms with E-state index in [1.54, 1.807) is 11.9 Å². The molecule has 1 aliphatic heterocycles. The Hall–Kier alpha value is -1.59. The molecule has 0 bridgehead atoms. The van der Waals surface area contributed by atoms with Gasteiger partial charge in [-0.3, -0.25) is 14.4 Å². The minimum atomic E-state index is -1.23. The second-order valence-corrected chi connectivity index (χ2v) is 4.43. The minimum Gasteiger partial charge on any atom is -0.480 e. The molecule has 0 radical (unpaired) electrons. The molecule has 0 atom stereocenters. The lowest BCUT2D eigenvalue weighted by Crippen LogP contribution is -2.53. The highest BCUT2D eigenvalue weighted by molar-refractivity contribution is 6.05. The highest BCUT2D eigenvalue weighted by Gasteiger charge is 2.58. The molecule has 1 saturated carbocycles. The summed E-state index contributed by atoms with van der Waals surface area (Å²) in [5, 5.41) is 8.98. The third kappa shape index (κ3) is 1.54. The predicted molar refractivity (Wildman–Crippen MR) is 53.5 cm³/mol. The Kier molecular flexibility index (Phi) is 2.36. The Bertz CT molecular complexity index is 362. The topological polar surface area (TPSA) is 77.9 Å². The lowest BCUT2D eigenvalue weighted by atomic mass is 10.1. The van der Waals surface area contributed by atoms with Crippen LogP contribution in [0.15, 0.2) is 0 Å². The summed E-state index contributed by atoms with van der Waals surface area (Å²) in [5.41, 5.74) is -1.23. The second kappa shape index (κ2) is 3.47. The number of carboxylic acid groups (broad SMARTS) is 1. The zero-order valence-electron chi connectivity index (χ0n) is 9.10. The maximum atomic E-state index is 12.0. The Morgan fingerprint density at radius 3 is 2.38 bits per heavy atom. The van der Waals surface area contributed by atoms with Crippen molar-refractivity contribution in [3.63, 3.8) is 0 Å². The molecule has 1 aliphatic carbocycles. The van der Waals surface area contributed by atoms with Gasteiger partial charge in [-0.15, -0.1) is 0 Å². The van der Waals surface area contributed by atoms with Crippen molar-refractivity contribution in [3.8, 4) is 0 Å². The molecule has 2 rings (SSSR count). The highest BCUT2D eigenvalue weighted by Crippen LogP contribution is 2.47. The molecule has 0 aromatic carbocycles. The first-order valence-electron chi connectivity index (χ1n) is 5.24. The first-order chi connectivity index (χ1) is 7.47. The molecule has 1 saturated heterocycles. The first-order valence-corrected chi connectivity index (χ1v) is 5.24. The summed E-state index contributed by atoms with van der Waals surface area (Å²) in [6, 6.07) is 0. The maximum absolute atomic E-state index is 12.0. The van der Waals surface area contributed by atoms with E-state index in [1.807, 2.05) is 0 Å². The first kappa shape index (κ1) is 10.9. The van der Waals surface area contributed by atoms with E-state index >= 15 is 0 Å². The summed E-state index contributed by atoms with van der Waals surface area (Å²) >= 11 is 0. The van der Waals surface area contributed by atoms with Crippen molar-refractivity contribution < 1.29 is 19.5 Å². The number of rotatable bonds is 2. The van der Waals surface area contributed by atoms with Gasteiger partial charge in [0.1, 0.15) is 5.41 Å². The number of hydrogen-bond donors (Lipinski definition) is 1. The second-order valence-electron chi connectivity index (χ2n) is 4.43. The van der Waals surface area contributed by atoms with Crippen LogP contribution in [0.3, 0.4) is 0 Å². The molecular formula is C10H14N2O4. The third-order valence-corrected chi connectivity index (χ3v) is 3.31. The van der Waals surface area contributed by atoms with Gasteiger partial charge in [-0.1, -0.05) is 0 Å². The molecule has 0 aromatic rings. The van der Waals surface area contributed by atoms with E-state index in [0.29, 0.717) is 25.9 Å². The van der Waals surface area contributed by atoms with Crippen molar-refractivity contribution >= 4 is 17.8 Å². The number of piperazine rings is 1. The van der Waals surface area contributed by atoms with Crippen molar-refractivity contribution in [2.45, 2.75) is 12.8 Å². The van der Waals surface area contributed by atoms with E-state index in [1.165, 1.54) is 4.90 Å². The van der Waals surface area contributed by atoms with E-state index in [4.69, 9.17) is 5.11 Å². The standard InChI is InChI=1S/C10H14N2O4/c1-11-4-5-12(6-7(11)13)8(14)10(2-3-10)9(15)16/h2-6H2,1H3,(H,15,16). The van der Waals surface area contributed by atoms with Crippen LogP contribution in [0.1, 0.15) is 12.8 Å². The average molecular weight is 226 g/mol. The van der Waals surface area contributed by atoms with Gasteiger partial charge in [-0.25, -0.2) is 0 Å². The SMILES string of the molecule is CN1CCN(C(=O)C2(C(=O)O)CC2)CC1=O. The molecule has 1 N–H and O–H groups in total. The van der Waals surface area contributed by atoms with Crippen molar-refractivity contribution in [3.05, 3.63) is 0 Å². The van der Waals surface area contributed by atoms with Gasteiger partial charge in [0.05, 0.1) is 6.54 Å². The Morgan fingerprint density at radius 1 is 1.31 bits per heavy atom. The van der Waals surface area contributed by atoms with Crippen LogP contribution in [0.2, 0.25) is 0 Å². The normalized spacial score (nSPS) is 23.2. The van der Waals surface area contributed by atoms with Crippen LogP contribution >= 0.6 is 0 Å². The molecule has 2 amide bonds. The molecule has 2 fully saturated rings. The van der Waals surface area contributed by atoms with Gasteiger partial charge in [-0.2, -0.15) is 0 Å². The molecule has 6 nitrogen and oxygen atoms in total. The number of aliphatic carboxylic acids is 1. The number of carbonyl (C=O) groups is 3. The lowest BCUT2D eigenvalue weighted by molar-refractivity contribution is -0.157. The van der Waals surface area contributed by atoms with Gasteiger partial charge in [0.25, 0.3) is 0 Å². The van der Waals surface area contributed by atoms with Gasteiger partial charge >= 0.3 is 5.97 Å². The largest absolute Gasteiger partial charge is 0.480 e. The van der Waals surface area contributed by atoms with Gasteiger partial charge < -0.3 is 14.9 Å². The predicted octanol–water partition coefficient (Wildman–Crippen LogP) is -0.848. The zero-order valence-corrected chi connectivity index (χ0v) is 9.10. The number of carboxylic acids is 1. The molecule has 88 valence electrons. The van der Waals surface area contributed by atoms with Gasteiger partial charge in [0.15, 0.2) is 0 Å². The summed E-state index contributed by atoms with van der Waals surface area (Å²) in [6.45, 7) is 0.904. The molecule has 6 heteroatoms. The van der Waals surface area contributed by atoms with Crippen LogP contribution in [-0.4, -0.2) is 59.4 Å². The summed E-state index contributed by atoms with van der Waals surface area (Å²) < 4.78 is 0. The quantitative estimate of drug-likeness (QED) is 0.622. The molecule has 2 aliphatic rings. The summed E-state index contributed by atoms with van der Waals surface area (Å²) in [4.78, 5) is 37.2. The smallest absolute Gasteiger partial charge is 0.319 e. The van der Waals surface area contributed by atoms with Crippen molar-refractivity contribution in [1.29, 1.82) is 0 Å². The van der Waals surface area contributed by atoms with E-state index in [2.05, 4.69) is 0 Å². The molecule has 0 spiro atoms. The van der Waals surface area contributed by atoms with Crippen LogP contribution in [0.4, 0.5) is 0 Å². The summed E-state index contributed by atoms with van der Waals surface area (Å²) in [7, 11) is 1.67. The van der Waals surface area contributed by atoms with Crippen LogP contribution in [0, 0.1) is 5.41 Å². The number of likely N-dealkylation sites (N-methyl/N-ethyl adjacent to an activating group) is 1. The minimum absolute atomic E-state index is 0.00433. The van der Waals surface area contributed by atoms with Crippen LogP contribution in [0.5, 0.6) is 0 Å². The van der Waals surface area contributed by atoms with E-state index < -0.39 is 17.3 Å². The van der Waals surface area contributed by atoms with Crippen molar-refractivity contribution in [2.75, 3.05) is 26.7 Å². The van der Waals surface area contributed by atoms with Crippen LogP contribution < -0.4 is 0 Å². The summed E-state index contributed by atoms with van der Waals surface area (Å²) in [6.07, 6.45) is 0.781. The molecule has 16 heavy (non-hydrogen) atoms. The summed E-state index contributed by atoms with van der Waals surface area (Å²) in [5.74, 6) is -1.61. The molecular weight excluding hydrogens is 212 g/mol. The van der Waals surface area contributed by atoms with Crippen molar-refractivity contribution in [1.82, 2.24) is 9.80 Å². The Balaban J connectivity index is 2.07. The average Bonchev–Trinajstić information content (AvgIpc) is 3.02. The van der Waals surface area contributed by atoms with Gasteiger partial charge in [0, 0.05) is 20.1 Å². The fourth-order valence-corrected chi connectivity index (χ4v) is 1.88. The third-order valence-electron chi connectivity index (χ3n) is 3.31. The number of nitrogens with zero attached hydrogens (tertiary/aromatic N) is 2. The maximum Gasteiger partial charge on any atom is 0.319 e. The Labute approximate surface area is 92.8 Å². The molecule has 0 aromatic heterocycles. The zero-order chi connectivity index (χ0) is 11.9. The van der Waals surface area contributed by atoms with Gasteiger partial charge in [0.2, 0.25) is 11.8 Å². The molecule has 1 heterocycles. The Morgan fingerprint density at radius 2 is 1.94 bits per heavy atom. The van der Waals surface area contributed by atoms with Crippen LogP contribution in [0.25, 0.3) is 0 Å².